The Balaban J connectivity index is 1.98. The predicted octanol–water partition coefficient (Wildman–Crippen LogP) is 2.97. The van der Waals surface area contributed by atoms with Gasteiger partial charge in [0.1, 0.15) is 5.69 Å². The molecule has 23 heavy (non-hydrogen) atoms. The van der Waals surface area contributed by atoms with Crippen LogP contribution in [0.1, 0.15) is 17.9 Å². The van der Waals surface area contributed by atoms with E-state index in [0.29, 0.717) is 23.2 Å². The summed E-state index contributed by atoms with van der Waals surface area (Å²) in [5.74, 6) is -0.735. The first-order valence-electron chi connectivity index (χ1n) is 6.81. The van der Waals surface area contributed by atoms with Gasteiger partial charge >= 0.3 is 6.01 Å². The fourth-order valence-corrected chi connectivity index (χ4v) is 2.65. The Kier molecular flexibility index (Phi) is 4.25. The molecule has 2 aromatic rings. The lowest BCUT2D eigenvalue weighted by atomic mass is 10.1. The number of rotatable bonds is 5. The molecule has 2 unspecified atom stereocenters. The van der Waals surface area contributed by atoms with E-state index in [1.165, 1.54) is 20.4 Å². The number of methoxy groups -OCH3 is 2. The summed E-state index contributed by atoms with van der Waals surface area (Å²) >= 11 is 6.01. The van der Waals surface area contributed by atoms with Crippen LogP contribution in [-0.2, 0) is 0 Å². The number of alkyl halides is 2. The van der Waals surface area contributed by atoms with Gasteiger partial charge in [0.25, 0.3) is 0 Å². The van der Waals surface area contributed by atoms with E-state index in [4.69, 9.17) is 21.1 Å². The van der Waals surface area contributed by atoms with Gasteiger partial charge in [-0.2, -0.15) is 4.98 Å². The van der Waals surface area contributed by atoms with Crippen LogP contribution in [0.2, 0.25) is 5.15 Å². The SMILES string of the molecule is COc1ncc(-c2cc(C3CC3C(F)F)c(Cl)nn2)c(OC)n1. The first-order chi connectivity index (χ1) is 11.0. The van der Waals surface area contributed by atoms with Gasteiger partial charge in [0.2, 0.25) is 12.3 Å². The summed E-state index contributed by atoms with van der Waals surface area (Å²) in [7, 11) is 2.88. The van der Waals surface area contributed by atoms with E-state index in [-0.39, 0.29) is 23.0 Å². The molecule has 0 aliphatic heterocycles. The summed E-state index contributed by atoms with van der Waals surface area (Å²) in [5, 5.41) is 7.97. The molecule has 2 atom stereocenters. The highest BCUT2D eigenvalue weighted by Crippen LogP contribution is 2.52. The Morgan fingerprint density at radius 1 is 1.26 bits per heavy atom. The minimum atomic E-state index is -2.37. The minimum absolute atomic E-state index is 0.135. The molecule has 0 bridgehead atoms. The van der Waals surface area contributed by atoms with Gasteiger partial charge in [0.05, 0.1) is 19.8 Å². The van der Waals surface area contributed by atoms with Crippen molar-refractivity contribution < 1.29 is 18.3 Å². The highest BCUT2D eigenvalue weighted by atomic mass is 35.5. The number of nitrogens with zero attached hydrogens (tertiary/aromatic N) is 4. The van der Waals surface area contributed by atoms with Crippen molar-refractivity contribution in [2.24, 2.45) is 5.92 Å². The van der Waals surface area contributed by atoms with Gasteiger partial charge in [-0.3, -0.25) is 0 Å². The summed E-state index contributed by atoms with van der Waals surface area (Å²) < 4.78 is 35.7. The zero-order valence-electron chi connectivity index (χ0n) is 12.3. The van der Waals surface area contributed by atoms with Crippen LogP contribution in [0, 0.1) is 5.92 Å². The lowest BCUT2D eigenvalue weighted by molar-refractivity contribution is 0.120. The Bertz CT molecular complexity index is 732. The summed E-state index contributed by atoms with van der Waals surface area (Å²) in [4.78, 5) is 8.07. The van der Waals surface area contributed by atoms with Crippen molar-refractivity contribution in [3.8, 4) is 23.1 Å². The summed E-state index contributed by atoms with van der Waals surface area (Å²) in [5.41, 5.74) is 1.44. The zero-order valence-corrected chi connectivity index (χ0v) is 13.1. The molecular weight excluding hydrogens is 330 g/mol. The van der Waals surface area contributed by atoms with Gasteiger partial charge < -0.3 is 9.47 Å². The van der Waals surface area contributed by atoms with Crippen LogP contribution in [0.4, 0.5) is 8.78 Å². The third-order valence-corrected chi connectivity index (χ3v) is 4.02. The molecule has 1 aliphatic carbocycles. The molecule has 1 aliphatic rings. The summed E-state index contributed by atoms with van der Waals surface area (Å²) in [6.07, 6.45) is -0.505. The normalized spacial score (nSPS) is 19.7. The van der Waals surface area contributed by atoms with Gasteiger partial charge in [0, 0.05) is 12.1 Å². The van der Waals surface area contributed by atoms with Gasteiger partial charge in [-0.05, 0) is 24.0 Å². The molecule has 9 heteroatoms. The van der Waals surface area contributed by atoms with Crippen LogP contribution >= 0.6 is 11.6 Å². The van der Waals surface area contributed by atoms with Gasteiger partial charge in [-0.15, -0.1) is 10.2 Å². The van der Waals surface area contributed by atoms with E-state index in [2.05, 4.69) is 20.2 Å². The molecular formula is C14H13ClF2N4O2. The van der Waals surface area contributed by atoms with Gasteiger partial charge in [-0.1, -0.05) is 11.6 Å². The molecule has 6 nitrogen and oxygen atoms in total. The minimum Gasteiger partial charge on any atom is -0.480 e. The molecule has 3 rings (SSSR count). The van der Waals surface area contributed by atoms with Crippen molar-refractivity contribution in [3.05, 3.63) is 23.0 Å². The van der Waals surface area contributed by atoms with Crippen molar-refractivity contribution in [1.82, 2.24) is 20.2 Å². The quantitative estimate of drug-likeness (QED) is 0.832. The fourth-order valence-electron chi connectivity index (χ4n) is 2.41. The standard InChI is InChI=1S/C14H13ClF2N4O2/c1-22-13-9(5-18-14(19-13)23-2)10-4-7(11(15)21-20-10)6-3-8(6)12(16)17/h4-6,8,12H,3H2,1-2H3. The first kappa shape index (κ1) is 15.8. The molecule has 0 N–H and O–H groups in total. The van der Waals surface area contributed by atoms with E-state index >= 15 is 0 Å². The Morgan fingerprint density at radius 2 is 2.04 bits per heavy atom. The largest absolute Gasteiger partial charge is 0.480 e. The van der Waals surface area contributed by atoms with Crippen LogP contribution in [-0.4, -0.2) is 40.8 Å². The summed E-state index contributed by atoms with van der Waals surface area (Å²) in [6, 6.07) is 1.78. The maximum absolute atomic E-state index is 12.8. The number of aromatic nitrogens is 4. The number of hydrogen-bond donors (Lipinski definition) is 0. The molecule has 2 heterocycles. The van der Waals surface area contributed by atoms with E-state index in [0.717, 1.165) is 0 Å². The number of ether oxygens (including phenoxy) is 2. The highest BCUT2D eigenvalue weighted by Gasteiger charge is 2.46. The first-order valence-corrected chi connectivity index (χ1v) is 7.19. The lowest BCUT2D eigenvalue weighted by Gasteiger charge is -2.09. The molecule has 0 radical (unpaired) electrons. The average Bonchev–Trinajstić information content (AvgIpc) is 3.35. The lowest BCUT2D eigenvalue weighted by Crippen LogP contribution is -2.01. The second-order valence-corrected chi connectivity index (χ2v) is 5.45. The Labute approximate surface area is 135 Å². The van der Waals surface area contributed by atoms with Crippen molar-refractivity contribution >= 4 is 11.6 Å². The van der Waals surface area contributed by atoms with Crippen molar-refractivity contribution in [2.75, 3.05) is 14.2 Å². The topological polar surface area (TPSA) is 70.0 Å². The maximum atomic E-state index is 12.8. The van der Waals surface area contributed by atoms with E-state index in [9.17, 15) is 8.78 Å². The van der Waals surface area contributed by atoms with Gasteiger partial charge in [-0.25, -0.2) is 13.8 Å². The van der Waals surface area contributed by atoms with E-state index in [1.54, 1.807) is 6.07 Å². The van der Waals surface area contributed by atoms with Crippen LogP contribution in [0.5, 0.6) is 11.9 Å². The third-order valence-electron chi connectivity index (χ3n) is 3.72. The highest BCUT2D eigenvalue weighted by molar-refractivity contribution is 6.30. The van der Waals surface area contributed by atoms with E-state index < -0.39 is 12.3 Å². The number of halogens is 3. The van der Waals surface area contributed by atoms with Crippen molar-refractivity contribution in [1.29, 1.82) is 0 Å². The molecule has 2 aromatic heterocycles. The average molecular weight is 343 g/mol. The molecule has 0 saturated heterocycles. The Hall–Kier alpha value is -2.09. The predicted molar refractivity (Wildman–Crippen MR) is 78.0 cm³/mol. The molecule has 1 fully saturated rings. The van der Waals surface area contributed by atoms with Crippen LogP contribution in [0.3, 0.4) is 0 Å². The van der Waals surface area contributed by atoms with Crippen LogP contribution in [0.25, 0.3) is 11.3 Å². The van der Waals surface area contributed by atoms with Crippen molar-refractivity contribution in [3.63, 3.8) is 0 Å². The van der Waals surface area contributed by atoms with Gasteiger partial charge in [0.15, 0.2) is 5.15 Å². The second kappa shape index (κ2) is 6.19. The van der Waals surface area contributed by atoms with Crippen molar-refractivity contribution in [2.45, 2.75) is 18.8 Å². The summed E-state index contributed by atoms with van der Waals surface area (Å²) in [6.45, 7) is 0. The zero-order chi connectivity index (χ0) is 16.6. The van der Waals surface area contributed by atoms with Crippen LogP contribution < -0.4 is 9.47 Å². The smallest absolute Gasteiger partial charge is 0.319 e. The monoisotopic (exact) mass is 342 g/mol. The second-order valence-electron chi connectivity index (χ2n) is 5.10. The fraction of sp³-hybridized carbons (Fsp3) is 0.429. The molecule has 0 spiro atoms. The van der Waals surface area contributed by atoms with E-state index in [1.807, 2.05) is 0 Å². The van der Waals surface area contributed by atoms with Crippen LogP contribution in [0.15, 0.2) is 12.3 Å². The molecule has 0 aromatic carbocycles. The number of hydrogen-bond acceptors (Lipinski definition) is 6. The third kappa shape index (κ3) is 3.03. The molecule has 1 saturated carbocycles. The molecule has 122 valence electrons. The Morgan fingerprint density at radius 3 is 2.65 bits per heavy atom. The molecule has 0 amide bonds. The maximum Gasteiger partial charge on any atom is 0.319 e.